The molecular formula is C23H32N8O. The van der Waals surface area contributed by atoms with Crippen molar-refractivity contribution in [1.29, 1.82) is 0 Å². The van der Waals surface area contributed by atoms with Gasteiger partial charge < -0.3 is 19.2 Å². The number of carbonyl (C=O) groups is 1. The molecule has 3 aromatic rings. The first kappa shape index (κ1) is 20.9. The van der Waals surface area contributed by atoms with Crippen molar-refractivity contribution in [3.63, 3.8) is 0 Å². The lowest BCUT2D eigenvalue weighted by Gasteiger charge is -2.35. The summed E-state index contributed by atoms with van der Waals surface area (Å²) in [5, 5.41) is 12.1. The SMILES string of the molecule is CCC(NC(=O)N1CCN(Cc2cn3ccccc3n2)CC1)c1nnc2n1CCCCC2. The van der Waals surface area contributed by atoms with Gasteiger partial charge in [0.15, 0.2) is 5.82 Å². The topological polar surface area (TPSA) is 83.6 Å². The summed E-state index contributed by atoms with van der Waals surface area (Å²) >= 11 is 0. The standard InChI is InChI=1S/C23H32N8O/c1-2-19(22-27-26-21-9-4-3-6-11-31(21)22)25-23(32)29-14-12-28(13-15-29)16-18-17-30-10-7-5-8-20(30)24-18/h5,7-8,10,17,19H,2-4,6,9,11-16H2,1H3,(H,25,32). The van der Waals surface area contributed by atoms with Crippen LogP contribution in [-0.2, 0) is 19.5 Å². The molecule has 9 nitrogen and oxygen atoms in total. The maximum Gasteiger partial charge on any atom is 0.318 e. The molecule has 3 aromatic heterocycles. The lowest BCUT2D eigenvalue weighted by atomic mass is 10.2. The summed E-state index contributed by atoms with van der Waals surface area (Å²) in [4.78, 5) is 22.0. The number of aromatic nitrogens is 5. The second-order valence-corrected chi connectivity index (χ2v) is 8.81. The molecule has 2 aliphatic heterocycles. The average Bonchev–Trinajstić information content (AvgIpc) is 3.33. The fraction of sp³-hybridized carbons (Fsp3) is 0.565. The minimum absolute atomic E-state index is 0.00444. The van der Waals surface area contributed by atoms with E-state index in [0.29, 0.717) is 13.1 Å². The highest BCUT2D eigenvalue weighted by Gasteiger charge is 2.27. The Balaban J connectivity index is 1.16. The van der Waals surface area contributed by atoms with Crippen LogP contribution in [0.4, 0.5) is 4.79 Å². The Labute approximate surface area is 188 Å². The van der Waals surface area contributed by atoms with Crippen LogP contribution in [-0.4, -0.2) is 66.2 Å². The number of piperazine rings is 1. The minimum Gasteiger partial charge on any atom is -0.328 e. The van der Waals surface area contributed by atoms with Crippen LogP contribution in [0.3, 0.4) is 0 Å². The third-order valence-corrected chi connectivity index (χ3v) is 6.61. The van der Waals surface area contributed by atoms with E-state index in [-0.39, 0.29) is 12.1 Å². The van der Waals surface area contributed by atoms with Crippen molar-refractivity contribution in [2.24, 2.45) is 0 Å². The minimum atomic E-state index is -0.0992. The van der Waals surface area contributed by atoms with Crippen LogP contribution in [0.5, 0.6) is 0 Å². The molecule has 5 heterocycles. The lowest BCUT2D eigenvalue weighted by Crippen LogP contribution is -2.52. The molecule has 170 valence electrons. The number of pyridine rings is 1. The van der Waals surface area contributed by atoms with Gasteiger partial charge in [0.1, 0.15) is 11.5 Å². The number of carbonyl (C=O) groups excluding carboxylic acids is 1. The van der Waals surface area contributed by atoms with Gasteiger partial charge in [-0.3, -0.25) is 4.90 Å². The number of urea groups is 1. The molecule has 2 aliphatic rings. The van der Waals surface area contributed by atoms with Gasteiger partial charge in [-0.25, -0.2) is 9.78 Å². The van der Waals surface area contributed by atoms with Gasteiger partial charge in [0, 0.05) is 58.1 Å². The fourth-order valence-electron chi connectivity index (χ4n) is 4.76. The Kier molecular flexibility index (Phi) is 6.07. The number of hydrogen-bond donors (Lipinski definition) is 1. The third kappa shape index (κ3) is 4.34. The summed E-state index contributed by atoms with van der Waals surface area (Å²) in [6.07, 6.45) is 9.43. The van der Waals surface area contributed by atoms with Gasteiger partial charge in [-0.2, -0.15) is 0 Å². The molecule has 0 radical (unpaired) electrons. The maximum atomic E-state index is 13.0. The molecule has 1 saturated heterocycles. The predicted molar refractivity (Wildman–Crippen MR) is 121 cm³/mol. The van der Waals surface area contributed by atoms with Crippen LogP contribution < -0.4 is 5.32 Å². The van der Waals surface area contributed by atoms with E-state index in [0.717, 1.165) is 68.4 Å². The van der Waals surface area contributed by atoms with Crippen LogP contribution in [0.1, 0.15) is 56.0 Å². The maximum absolute atomic E-state index is 13.0. The predicted octanol–water partition coefficient (Wildman–Crippen LogP) is 2.63. The number of rotatable bonds is 5. The lowest BCUT2D eigenvalue weighted by molar-refractivity contribution is 0.132. The van der Waals surface area contributed by atoms with Crippen LogP contribution >= 0.6 is 0 Å². The first-order chi connectivity index (χ1) is 15.7. The summed E-state index contributed by atoms with van der Waals surface area (Å²) in [6, 6.07) is 5.93. The number of nitrogens with zero attached hydrogens (tertiary/aromatic N) is 7. The Bertz CT molecular complexity index is 1030. The first-order valence-electron chi connectivity index (χ1n) is 11.8. The van der Waals surface area contributed by atoms with Crippen LogP contribution in [0.25, 0.3) is 5.65 Å². The van der Waals surface area contributed by atoms with Gasteiger partial charge in [0.2, 0.25) is 0 Å². The molecule has 2 amide bonds. The van der Waals surface area contributed by atoms with E-state index in [1.165, 1.54) is 12.8 Å². The van der Waals surface area contributed by atoms with Gasteiger partial charge in [-0.05, 0) is 31.4 Å². The van der Waals surface area contributed by atoms with E-state index in [1.54, 1.807) is 0 Å². The first-order valence-corrected chi connectivity index (χ1v) is 11.8. The van der Waals surface area contributed by atoms with Crippen molar-refractivity contribution < 1.29 is 4.79 Å². The van der Waals surface area contributed by atoms with Crippen LogP contribution in [0, 0.1) is 0 Å². The Morgan fingerprint density at radius 2 is 1.97 bits per heavy atom. The normalized spacial score (nSPS) is 18.3. The number of amides is 2. The van der Waals surface area contributed by atoms with Gasteiger partial charge in [-0.15, -0.1) is 10.2 Å². The van der Waals surface area contributed by atoms with E-state index < -0.39 is 0 Å². The highest BCUT2D eigenvalue weighted by atomic mass is 16.2. The van der Waals surface area contributed by atoms with Crippen molar-refractivity contribution in [3.05, 3.63) is 47.9 Å². The molecular weight excluding hydrogens is 404 g/mol. The van der Waals surface area contributed by atoms with E-state index in [2.05, 4.69) is 42.5 Å². The Morgan fingerprint density at radius 3 is 2.78 bits per heavy atom. The van der Waals surface area contributed by atoms with E-state index >= 15 is 0 Å². The molecule has 0 bridgehead atoms. The molecule has 0 saturated carbocycles. The number of nitrogens with one attached hydrogen (secondary N) is 1. The number of fused-ring (bicyclic) bond motifs is 2. The van der Waals surface area contributed by atoms with Crippen molar-refractivity contribution >= 4 is 11.7 Å². The van der Waals surface area contributed by atoms with Gasteiger partial charge in [0.25, 0.3) is 0 Å². The molecule has 0 aromatic carbocycles. The van der Waals surface area contributed by atoms with E-state index in [1.807, 2.05) is 29.3 Å². The largest absolute Gasteiger partial charge is 0.328 e. The van der Waals surface area contributed by atoms with Crippen LogP contribution in [0.2, 0.25) is 0 Å². The quantitative estimate of drug-likeness (QED) is 0.665. The molecule has 32 heavy (non-hydrogen) atoms. The summed E-state index contributed by atoms with van der Waals surface area (Å²) in [5.41, 5.74) is 2.03. The second-order valence-electron chi connectivity index (χ2n) is 8.81. The highest BCUT2D eigenvalue weighted by molar-refractivity contribution is 5.74. The van der Waals surface area contributed by atoms with Crippen molar-refractivity contribution in [2.45, 2.75) is 58.2 Å². The van der Waals surface area contributed by atoms with Gasteiger partial charge in [-0.1, -0.05) is 19.4 Å². The molecule has 1 unspecified atom stereocenters. The average molecular weight is 437 g/mol. The Hall–Kier alpha value is -2.94. The monoisotopic (exact) mass is 436 g/mol. The van der Waals surface area contributed by atoms with Gasteiger partial charge in [0.05, 0.1) is 11.7 Å². The fourth-order valence-corrected chi connectivity index (χ4v) is 4.76. The number of hydrogen-bond acceptors (Lipinski definition) is 5. The highest BCUT2D eigenvalue weighted by Crippen LogP contribution is 2.21. The summed E-state index contributed by atoms with van der Waals surface area (Å²) in [7, 11) is 0. The zero-order valence-electron chi connectivity index (χ0n) is 18.8. The molecule has 0 aliphatic carbocycles. The molecule has 0 spiro atoms. The molecule has 9 heteroatoms. The zero-order valence-corrected chi connectivity index (χ0v) is 18.8. The summed E-state index contributed by atoms with van der Waals surface area (Å²) < 4.78 is 4.28. The molecule has 1 fully saturated rings. The zero-order chi connectivity index (χ0) is 21.9. The van der Waals surface area contributed by atoms with Crippen LogP contribution in [0.15, 0.2) is 30.6 Å². The van der Waals surface area contributed by atoms with E-state index in [9.17, 15) is 4.79 Å². The molecule has 5 rings (SSSR count). The van der Waals surface area contributed by atoms with E-state index in [4.69, 9.17) is 4.98 Å². The molecule has 1 N–H and O–H groups in total. The number of aryl methyl sites for hydroxylation is 1. The Morgan fingerprint density at radius 1 is 1.09 bits per heavy atom. The summed E-state index contributed by atoms with van der Waals surface area (Å²) in [6.45, 7) is 6.97. The molecule has 1 atom stereocenters. The van der Waals surface area contributed by atoms with Gasteiger partial charge >= 0.3 is 6.03 Å². The smallest absolute Gasteiger partial charge is 0.318 e. The van der Waals surface area contributed by atoms with Crippen molar-refractivity contribution in [3.8, 4) is 0 Å². The second kappa shape index (κ2) is 9.28. The third-order valence-electron chi connectivity index (χ3n) is 6.61. The van der Waals surface area contributed by atoms with Crippen molar-refractivity contribution in [2.75, 3.05) is 26.2 Å². The number of imidazole rings is 1. The van der Waals surface area contributed by atoms with Crippen molar-refractivity contribution in [1.82, 2.24) is 39.3 Å². The summed E-state index contributed by atoms with van der Waals surface area (Å²) in [5.74, 6) is 1.97.